The first kappa shape index (κ1) is 10.5. The molecule has 1 aromatic carbocycles. The minimum atomic E-state index is 0.149. The lowest BCUT2D eigenvalue weighted by Gasteiger charge is -2.09. The highest BCUT2D eigenvalue weighted by atomic mass is 35.5. The first-order valence-corrected chi connectivity index (χ1v) is 5.37. The molecule has 78 valence electrons. The molecule has 0 unspecified atom stereocenters. The van der Waals surface area contributed by atoms with Crippen molar-refractivity contribution in [2.75, 3.05) is 5.32 Å². The largest absolute Gasteiger partial charge is 0.358 e. The molecule has 1 aliphatic carbocycles. The Labute approximate surface area is 97.9 Å². The van der Waals surface area contributed by atoms with E-state index < -0.39 is 0 Å². The van der Waals surface area contributed by atoms with Gasteiger partial charge in [0.05, 0.1) is 15.7 Å². The van der Waals surface area contributed by atoms with E-state index >= 15 is 0 Å². The molecule has 0 atom stereocenters. The fraction of sp³-hybridized carbons (Fsp3) is 0.182. The maximum atomic E-state index is 11.0. The molecule has 0 bridgehead atoms. The van der Waals surface area contributed by atoms with Crippen LogP contribution in [0.15, 0.2) is 30.0 Å². The molecule has 0 aromatic heterocycles. The molecular formula is C11H9Cl2NO. The van der Waals surface area contributed by atoms with Gasteiger partial charge in [-0.2, -0.15) is 0 Å². The quantitative estimate of drug-likeness (QED) is 0.857. The van der Waals surface area contributed by atoms with Gasteiger partial charge in [-0.15, -0.1) is 0 Å². The summed E-state index contributed by atoms with van der Waals surface area (Å²) in [4.78, 5) is 11.0. The Morgan fingerprint density at radius 3 is 2.67 bits per heavy atom. The zero-order valence-electron chi connectivity index (χ0n) is 7.89. The number of anilines is 1. The molecule has 2 nitrogen and oxygen atoms in total. The van der Waals surface area contributed by atoms with E-state index in [1.807, 2.05) is 12.1 Å². The van der Waals surface area contributed by atoms with Crippen LogP contribution in [0.5, 0.6) is 0 Å². The second-order valence-corrected chi connectivity index (χ2v) is 4.15. The van der Waals surface area contributed by atoms with Crippen LogP contribution in [0.4, 0.5) is 5.69 Å². The first-order chi connectivity index (χ1) is 7.16. The van der Waals surface area contributed by atoms with Gasteiger partial charge in [-0.05, 0) is 18.6 Å². The van der Waals surface area contributed by atoms with Crippen molar-refractivity contribution in [3.63, 3.8) is 0 Å². The normalized spacial score (nSPS) is 15.3. The minimum absolute atomic E-state index is 0.149. The Hall–Kier alpha value is -0.990. The predicted molar refractivity (Wildman–Crippen MR) is 62.4 cm³/mol. The summed E-state index contributed by atoms with van der Waals surface area (Å²) in [6.45, 7) is 0. The summed E-state index contributed by atoms with van der Waals surface area (Å²) in [5.41, 5.74) is 1.63. The van der Waals surface area contributed by atoms with Crippen molar-refractivity contribution in [1.29, 1.82) is 0 Å². The van der Waals surface area contributed by atoms with Crippen LogP contribution in [0.2, 0.25) is 10.0 Å². The highest BCUT2D eigenvalue weighted by Crippen LogP contribution is 2.31. The van der Waals surface area contributed by atoms with Crippen molar-refractivity contribution in [1.82, 2.24) is 0 Å². The highest BCUT2D eigenvalue weighted by molar-refractivity contribution is 6.43. The number of benzene rings is 1. The van der Waals surface area contributed by atoms with Crippen molar-refractivity contribution >= 4 is 34.7 Å². The van der Waals surface area contributed by atoms with E-state index in [4.69, 9.17) is 23.2 Å². The number of allylic oxidation sites excluding steroid dienone is 2. The maximum Gasteiger partial charge on any atom is 0.157 e. The molecule has 0 saturated heterocycles. The van der Waals surface area contributed by atoms with Crippen molar-refractivity contribution in [3.8, 4) is 0 Å². The Balaban J connectivity index is 2.21. The number of carbonyl (C=O) groups excluding carboxylic acids is 1. The molecule has 1 N–H and O–H groups in total. The van der Waals surface area contributed by atoms with Crippen molar-refractivity contribution in [3.05, 3.63) is 40.0 Å². The van der Waals surface area contributed by atoms with E-state index in [1.54, 1.807) is 12.1 Å². The summed E-state index contributed by atoms with van der Waals surface area (Å²) in [7, 11) is 0. The number of ketones is 1. The average molecular weight is 242 g/mol. The van der Waals surface area contributed by atoms with Crippen LogP contribution in [0.25, 0.3) is 0 Å². The summed E-state index contributed by atoms with van der Waals surface area (Å²) < 4.78 is 0. The Bertz CT molecular complexity index is 440. The SMILES string of the molecule is O=C1C=C(Nc2cccc(Cl)c2Cl)CC1. The average Bonchev–Trinajstić information content (AvgIpc) is 2.59. The first-order valence-electron chi connectivity index (χ1n) is 4.61. The third-order valence-electron chi connectivity index (χ3n) is 2.22. The lowest BCUT2D eigenvalue weighted by molar-refractivity contribution is -0.114. The van der Waals surface area contributed by atoms with Gasteiger partial charge in [0, 0.05) is 18.2 Å². The summed E-state index contributed by atoms with van der Waals surface area (Å²) in [5, 5.41) is 4.10. The molecule has 0 heterocycles. The molecule has 1 aromatic rings. The smallest absolute Gasteiger partial charge is 0.157 e. The molecule has 4 heteroatoms. The molecule has 0 radical (unpaired) electrons. The van der Waals surface area contributed by atoms with E-state index in [2.05, 4.69) is 5.32 Å². The van der Waals surface area contributed by atoms with Crippen LogP contribution >= 0.6 is 23.2 Å². The van der Waals surface area contributed by atoms with Gasteiger partial charge in [0.25, 0.3) is 0 Å². The fourth-order valence-electron chi connectivity index (χ4n) is 1.47. The molecular weight excluding hydrogens is 233 g/mol. The number of hydrogen-bond donors (Lipinski definition) is 1. The molecule has 0 spiro atoms. The summed E-state index contributed by atoms with van der Waals surface area (Å²) in [6.07, 6.45) is 2.92. The van der Waals surface area contributed by atoms with Gasteiger partial charge in [0.15, 0.2) is 5.78 Å². The molecule has 15 heavy (non-hydrogen) atoms. The highest BCUT2D eigenvalue weighted by Gasteiger charge is 2.13. The Kier molecular flexibility index (Phi) is 2.98. The van der Waals surface area contributed by atoms with E-state index in [9.17, 15) is 4.79 Å². The topological polar surface area (TPSA) is 29.1 Å². The van der Waals surface area contributed by atoms with E-state index in [-0.39, 0.29) is 5.78 Å². The van der Waals surface area contributed by atoms with Gasteiger partial charge in [0.2, 0.25) is 0 Å². The molecule has 1 aliphatic rings. The van der Waals surface area contributed by atoms with E-state index in [1.165, 1.54) is 0 Å². The van der Waals surface area contributed by atoms with Gasteiger partial charge < -0.3 is 5.32 Å². The van der Waals surface area contributed by atoms with Crippen LogP contribution in [-0.2, 0) is 4.79 Å². The number of nitrogens with one attached hydrogen (secondary N) is 1. The van der Waals surface area contributed by atoms with Crippen LogP contribution < -0.4 is 5.32 Å². The van der Waals surface area contributed by atoms with Gasteiger partial charge in [-0.3, -0.25) is 4.79 Å². The second-order valence-electron chi connectivity index (χ2n) is 3.36. The Morgan fingerprint density at radius 2 is 2.00 bits per heavy atom. The van der Waals surface area contributed by atoms with Crippen molar-refractivity contribution in [2.24, 2.45) is 0 Å². The van der Waals surface area contributed by atoms with Crippen LogP contribution in [0, 0.1) is 0 Å². The predicted octanol–water partition coefficient (Wildman–Crippen LogP) is 3.65. The van der Waals surface area contributed by atoms with Crippen molar-refractivity contribution < 1.29 is 4.79 Å². The van der Waals surface area contributed by atoms with Crippen LogP contribution in [-0.4, -0.2) is 5.78 Å². The second kappa shape index (κ2) is 4.25. The van der Waals surface area contributed by atoms with Gasteiger partial charge in [-0.25, -0.2) is 0 Å². The molecule has 0 aliphatic heterocycles. The number of rotatable bonds is 2. The van der Waals surface area contributed by atoms with Crippen molar-refractivity contribution in [2.45, 2.75) is 12.8 Å². The number of carbonyl (C=O) groups is 1. The lowest BCUT2D eigenvalue weighted by atomic mass is 10.3. The summed E-state index contributed by atoms with van der Waals surface area (Å²) >= 11 is 11.9. The number of halogens is 2. The van der Waals surface area contributed by atoms with Crippen LogP contribution in [0.1, 0.15) is 12.8 Å². The minimum Gasteiger partial charge on any atom is -0.358 e. The molecule has 0 saturated carbocycles. The third-order valence-corrected chi connectivity index (χ3v) is 3.04. The number of hydrogen-bond acceptors (Lipinski definition) is 2. The third kappa shape index (κ3) is 2.33. The van der Waals surface area contributed by atoms with E-state index in [0.717, 1.165) is 17.8 Å². The standard InChI is InChI=1S/C11H9Cl2NO/c12-9-2-1-3-10(11(9)13)14-7-4-5-8(15)6-7/h1-3,6,14H,4-5H2. The van der Waals surface area contributed by atoms with Gasteiger partial charge >= 0.3 is 0 Å². The molecule has 0 amide bonds. The maximum absolute atomic E-state index is 11.0. The summed E-state index contributed by atoms with van der Waals surface area (Å²) in [6, 6.07) is 5.37. The fourth-order valence-corrected chi connectivity index (χ4v) is 1.82. The zero-order chi connectivity index (χ0) is 10.8. The Morgan fingerprint density at radius 1 is 1.20 bits per heavy atom. The van der Waals surface area contributed by atoms with E-state index in [0.29, 0.717) is 16.5 Å². The lowest BCUT2D eigenvalue weighted by Crippen LogP contribution is -1.97. The zero-order valence-corrected chi connectivity index (χ0v) is 9.40. The molecule has 2 rings (SSSR count). The van der Waals surface area contributed by atoms with Gasteiger partial charge in [0.1, 0.15) is 0 Å². The summed E-state index contributed by atoms with van der Waals surface area (Å²) in [5.74, 6) is 0.149. The van der Waals surface area contributed by atoms with Gasteiger partial charge in [-0.1, -0.05) is 29.3 Å². The monoisotopic (exact) mass is 241 g/mol. The van der Waals surface area contributed by atoms with Crippen LogP contribution in [0.3, 0.4) is 0 Å². The molecule has 0 fully saturated rings.